The van der Waals surface area contributed by atoms with Gasteiger partial charge in [-0.05, 0) is 56.2 Å². The number of likely N-dealkylation sites (tertiary alicyclic amines) is 2. The molecule has 2 saturated heterocycles. The zero-order chi connectivity index (χ0) is 25.0. The maximum Gasteiger partial charge on any atom is 0.409 e. The van der Waals surface area contributed by atoms with Crippen LogP contribution in [-0.2, 0) is 9.53 Å². The Labute approximate surface area is 230 Å². The molecule has 194 valence electrons. The first-order chi connectivity index (χ1) is 17.7. The highest BCUT2D eigenvalue weighted by Crippen LogP contribution is 2.62. The molecule has 5 nitrogen and oxygen atoms in total. The van der Waals surface area contributed by atoms with E-state index in [0.29, 0.717) is 19.7 Å². The normalized spacial score (nSPS) is 18.4. The largest absolute Gasteiger partial charge is 1.00 e. The summed E-state index contributed by atoms with van der Waals surface area (Å²) in [6, 6.07) is 32.1. The maximum atomic E-state index is 14.3. The van der Waals surface area contributed by atoms with Gasteiger partial charge in [-0.1, -0.05) is 54.6 Å². The van der Waals surface area contributed by atoms with Crippen LogP contribution in [0.1, 0.15) is 26.2 Å². The van der Waals surface area contributed by atoms with Crippen molar-refractivity contribution in [3.05, 3.63) is 91.0 Å². The van der Waals surface area contributed by atoms with E-state index < -0.39 is 7.26 Å². The number of amides is 2. The quantitative estimate of drug-likeness (QED) is 0.412. The lowest BCUT2D eigenvalue weighted by Crippen LogP contribution is -3.00. The van der Waals surface area contributed by atoms with Crippen LogP contribution in [-0.4, -0.2) is 59.7 Å². The Kier molecular flexibility index (Phi) is 9.04. The molecule has 0 unspecified atom stereocenters. The van der Waals surface area contributed by atoms with Crippen LogP contribution in [0.5, 0.6) is 0 Å². The highest BCUT2D eigenvalue weighted by Gasteiger charge is 2.59. The van der Waals surface area contributed by atoms with Crippen LogP contribution in [0.25, 0.3) is 0 Å². The molecule has 3 aromatic carbocycles. The Morgan fingerprint density at radius 1 is 0.784 bits per heavy atom. The average Bonchev–Trinajstić information content (AvgIpc) is 3.32. The molecular weight excluding hydrogens is 547 g/mol. The van der Waals surface area contributed by atoms with E-state index in [0.717, 1.165) is 25.8 Å². The molecule has 0 spiro atoms. The summed E-state index contributed by atoms with van der Waals surface area (Å²) in [5.74, 6) is 0.259. The minimum absolute atomic E-state index is 0. The lowest BCUT2D eigenvalue weighted by Gasteiger charge is -2.37. The molecule has 0 bridgehead atoms. The summed E-state index contributed by atoms with van der Waals surface area (Å²) in [6.07, 6.45) is 2.18. The van der Waals surface area contributed by atoms with Gasteiger partial charge in [0.1, 0.15) is 23.2 Å². The van der Waals surface area contributed by atoms with Gasteiger partial charge >= 0.3 is 6.09 Å². The minimum Gasteiger partial charge on any atom is -1.00 e. The van der Waals surface area contributed by atoms with E-state index in [1.807, 2.05) is 25.1 Å². The van der Waals surface area contributed by atoms with Crippen molar-refractivity contribution in [2.75, 3.05) is 26.2 Å². The number of ether oxygens (including phenoxy) is 1. The molecule has 5 rings (SSSR count). The Bertz CT molecular complexity index is 1070. The second kappa shape index (κ2) is 12.2. The number of piperidine rings is 1. The lowest BCUT2D eigenvalue weighted by molar-refractivity contribution is -0.130. The third-order valence-corrected chi connectivity index (χ3v) is 12.4. The SMILES string of the molecule is CCOC(=O)N1CCC(N2CC[C@@H]([P+](c3ccccc3)(c3ccccc3)c3ccccc3)C2=O)CC1.[Br-]. The van der Waals surface area contributed by atoms with E-state index >= 15 is 0 Å². The van der Waals surface area contributed by atoms with Gasteiger partial charge in [-0.2, -0.15) is 0 Å². The first-order valence-electron chi connectivity index (χ1n) is 12.9. The topological polar surface area (TPSA) is 49.9 Å². The molecule has 1 atom stereocenters. The van der Waals surface area contributed by atoms with E-state index in [9.17, 15) is 9.59 Å². The average molecular weight is 581 g/mol. The van der Waals surface area contributed by atoms with Crippen molar-refractivity contribution < 1.29 is 31.3 Å². The number of nitrogens with zero attached hydrogens (tertiary/aromatic N) is 2. The smallest absolute Gasteiger partial charge is 0.409 e. The zero-order valence-corrected chi connectivity index (χ0v) is 23.7. The first kappa shape index (κ1) is 27.3. The monoisotopic (exact) mass is 580 g/mol. The summed E-state index contributed by atoms with van der Waals surface area (Å²) in [6.45, 7) is 4.24. The summed E-state index contributed by atoms with van der Waals surface area (Å²) in [5, 5.41) is 3.75. The fraction of sp³-hybridized carbons (Fsp3) is 0.333. The predicted molar refractivity (Wildman–Crippen MR) is 147 cm³/mol. The van der Waals surface area contributed by atoms with E-state index in [4.69, 9.17) is 4.74 Å². The summed E-state index contributed by atoms with van der Waals surface area (Å²) in [7, 11) is -2.26. The van der Waals surface area contributed by atoms with Crippen molar-refractivity contribution in [3.8, 4) is 0 Å². The van der Waals surface area contributed by atoms with E-state index in [1.54, 1.807) is 4.90 Å². The summed E-state index contributed by atoms with van der Waals surface area (Å²) >= 11 is 0. The van der Waals surface area contributed by atoms with Crippen molar-refractivity contribution in [3.63, 3.8) is 0 Å². The summed E-state index contributed by atoms with van der Waals surface area (Å²) in [4.78, 5) is 30.4. The minimum atomic E-state index is -2.26. The number of benzene rings is 3. The first-order valence-corrected chi connectivity index (χ1v) is 14.8. The zero-order valence-electron chi connectivity index (χ0n) is 21.2. The third-order valence-electron chi connectivity index (χ3n) is 7.60. The van der Waals surface area contributed by atoms with Crippen LogP contribution in [0.3, 0.4) is 0 Å². The van der Waals surface area contributed by atoms with Crippen molar-refractivity contribution in [2.45, 2.75) is 37.9 Å². The summed E-state index contributed by atoms with van der Waals surface area (Å²) in [5.41, 5.74) is -0.104. The van der Waals surface area contributed by atoms with Gasteiger partial charge in [-0.25, -0.2) is 4.79 Å². The van der Waals surface area contributed by atoms with Gasteiger partial charge in [0.2, 0.25) is 0 Å². The van der Waals surface area contributed by atoms with Crippen LogP contribution in [0.15, 0.2) is 91.0 Å². The van der Waals surface area contributed by atoms with Crippen LogP contribution in [0, 0.1) is 0 Å². The predicted octanol–water partition coefficient (Wildman–Crippen LogP) is 1.21. The van der Waals surface area contributed by atoms with Crippen LogP contribution in [0.4, 0.5) is 4.79 Å². The standard InChI is InChI=1S/C30H34N2O3P.BrH/c1-2-35-30(34)31-21-18-24(19-22-31)32-23-20-28(29(32)33)36(25-12-6-3-7-13-25,26-14-8-4-9-15-26)27-16-10-5-11-17-27;/h3-17,24,28H,2,18-23H2,1H3;1H/q+1;/p-1/t28-;/m1./s1. The molecule has 2 heterocycles. The van der Waals surface area contributed by atoms with Gasteiger partial charge in [0, 0.05) is 32.1 Å². The molecule has 0 saturated carbocycles. The molecule has 0 N–H and O–H groups in total. The van der Waals surface area contributed by atoms with Crippen molar-refractivity contribution in [1.29, 1.82) is 0 Å². The summed E-state index contributed by atoms with van der Waals surface area (Å²) < 4.78 is 5.18. The molecule has 2 amide bonds. The number of halogens is 1. The fourth-order valence-electron chi connectivity index (χ4n) is 5.96. The van der Waals surface area contributed by atoms with Gasteiger partial charge in [0.25, 0.3) is 5.91 Å². The second-order valence-electron chi connectivity index (χ2n) is 9.48. The number of carbonyl (C=O) groups excluding carboxylic acids is 2. The van der Waals surface area contributed by atoms with Gasteiger partial charge in [0.05, 0.1) is 6.61 Å². The van der Waals surface area contributed by atoms with Crippen molar-refractivity contribution in [1.82, 2.24) is 9.80 Å². The number of rotatable bonds is 6. The third kappa shape index (κ3) is 5.19. The van der Waals surface area contributed by atoms with Gasteiger partial charge in [-0.15, -0.1) is 0 Å². The van der Waals surface area contributed by atoms with Crippen LogP contribution >= 0.6 is 7.26 Å². The molecule has 7 heteroatoms. The molecule has 2 fully saturated rings. The Morgan fingerprint density at radius 3 is 1.68 bits per heavy atom. The number of hydrogen-bond acceptors (Lipinski definition) is 3. The molecule has 0 aromatic heterocycles. The van der Waals surface area contributed by atoms with E-state index in [1.165, 1.54) is 15.9 Å². The molecular formula is C30H34BrN2O3P. The van der Waals surface area contributed by atoms with Crippen molar-refractivity contribution in [2.24, 2.45) is 0 Å². The number of hydrogen-bond donors (Lipinski definition) is 0. The molecule has 2 aliphatic heterocycles. The molecule has 3 aromatic rings. The fourth-order valence-corrected chi connectivity index (χ4v) is 10.8. The Balaban J connectivity index is 0.00000320. The Hall–Kier alpha value is -2.69. The maximum absolute atomic E-state index is 14.3. The van der Waals surface area contributed by atoms with Crippen LogP contribution < -0.4 is 32.9 Å². The van der Waals surface area contributed by atoms with E-state index in [2.05, 4.69) is 77.7 Å². The van der Waals surface area contributed by atoms with Gasteiger partial charge in [-0.3, -0.25) is 4.79 Å². The van der Waals surface area contributed by atoms with Crippen LogP contribution in [0.2, 0.25) is 0 Å². The van der Waals surface area contributed by atoms with Gasteiger partial charge < -0.3 is 31.5 Å². The van der Waals surface area contributed by atoms with Gasteiger partial charge in [0.15, 0.2) is 5.66 Å². The highest BCUT2D eigenvalue weighted by molar-refractivity contribution is 7.96. The highest BCUT2D eigenvalue weighted by atomic mass is 79.9. The molecule has 0 aliphatic carbocycles. The van der Waals surface area contributed by atoms with E-state index in [-0.39, 0.29) is 40.7 Å². The number of carbonyl (C=O) groups is 2. The molecule has 37 heavy (non-hydrogen) atoms. The Morgan fingerprint density at radius 2 is 1.24 bits per heavy atom. The molecule has 0 radical (unpaired) electrons. The second-order valence-corrected chi connectivity index (χ2v) is 13.1. The lowest BCUT2D eigenvalue weighted by atomic mass is 10.0. The van der Waals surface area contributed by atoms with Crippen molar-refractivity contribution >= 4 is 35.2 Å². The molecule has 2 aliphatic rings.